The Morgan fingerprint density at radius 3 is 1.68 bits per heavy atom. The SMILES string of the molecule is CCCCCC=CCC=CCC=CCCCCCCCCC(=O)O[C@H](COC(=O)CCCCCCCCCC=CCCCCCC)COP(=O)(O)OP(=O)(O)OC[C@H]1O[C@@H](n2ccc(N)nc2=O)C(O)[C@H]1O. The van der Waals surface area contributed by atoms with Gasteiger partial charge >= 0.3 is 33.3 Å². The minimum atomic E-state index is -5.43. The number of nitrogens with two attached hydrogens (primary N) is 1. The average molecular weight is 1060 g/mol. The number of nitrogens with zero attached hydrogens (tertiary/aromatic N) is 2. The number of anilines is 1. The summed E-state index contributed by atoms with van der Waals surface area (Å²) in [6.45, 7) is 2.11. The van der Waals surface area contributed by atoms with E-state index in [1.807, 2.05) is 0 Å². The smallest absolute Gasteiger partial charge is 0.462 e. The van der Waals surface area contributed by atoms with Gasteiger partial charge in [-0.25, -0.2) is 13.9 Å². The van der Waals surface area contributed by atoms with Crippen molar-refractivity contribution in [3.63, 3.8) is 0 Å². The number of hydrogen-bond donors (Lipinski definition) is 5. The van der Waals surface area contributed by atoms with Gasteiger partial charge in [-0.1, -0.05) is 152 Å². The van der Waals surface area contributed by atoms with Crippen LogP contribution in [0.4, 0.5) is 5.82 Å². The largest absolute Gasteiger partial charge is 0.481 e. The van der Waals surface area contributed by atoms with Gasteiger partial charge in [0, 0.05) is 19.0 Å². The number of aliphatic hydroxyl groups is 2. The van der Waals surface area contributed by atoms with Crippen LogP contribution in [0.1, 0.15) is 200 Å². The molecule has 72 heavy (non-hydrogen) atoms. The van der Waals surface area contributed by atoms with Gasteiger partial charge in [0.15, 0.2) is 12.3 Å². The maximum Gasteiger partial charge on any atom is 0.481 e. The van der Waals surface area contributed by atoms with Crippen LogP contribution < -0.4 is 11.4 Å². The lowest BCUT2D eigenvalue weighted by molar-refractivity contribution is -0.161. The van der Waals surface area contributed by atoms with Crippen molar-refractivity contribution in [3.05, 3.63) is 71.4 Å². The van der Waals surface area contributed by atoms with Crippen LogP contribution in [0.5, 0.6) is 0 Å². The minimum Gasteiger partial charge on any atom is -0.462 e. The maximum absolute atomic E-state index is 12.9. The zero-order chi connectivity index (χ0) is 52.7. The first-order valence-corrected chi connectivity index (χ1v) is 29.6. The Balaban J connectivity index is 1.79. The number of unbranched alkanes of at least 4 members (excludes halogenated alkanes) is 20. The zero-order valence-corrected chi connectivity index (χ0v) is 45.0. The number of allylic oxidation sites excluding steroid dienone is 8. The van der Waals surface area contributed by atoms with Crippen LogP contribution in [0.3, 0.4) is 0 Å². The molecule has 0 radical (unpaired) electrons. The maximum atomic E-state index is 12.9. The molecule has 1 fully saturated rings. The van der Waals surface area contributed by atoms with Crippen molar-refractivity contribution in [2.45, 2.75) is 224 Å². The standard InChI is InChI=1S/C52H89N3O15P2/c1-3-5-7-9-11-13-15-17-19-20-21-22-24-26-28-30-32-34-36-38-48(57)68-44(41-65-47(56)37-35-33-31-29-27-25-23-18-16-14-12-10-8-6-4-2)42-66-71(61,62)70-72(63,64)67-43-45-49(58)50(59)51(69-45)55-40-39-46(53)54-52(55)60/h11,13-14,16-17,19,21-22,39-40,44-45,49-51,58-59H,3-10,12,15,18,20,23-38,41-43H2,1-2H3,(H,61,62)(H,63,64)(H2,53,54,60)/t44-,45-,49+,50?,51-/m1/s1. The number of esters is 2. The fourth-order valence-corrected chi connectivity index (χ4v) is 9.84. The molecule has 1 saturated heterocycles. The molecule has 1 aromatic rings. The lowest BCUT2D eigenvalue weighted by atomic mass is 10.1. The van der Waals surface area contributed by atoms with Crippen LogP contribution in [-0.4, -0.2) is 85.7 Å². The first-order valence-electron chi connectivity index (χ1n) is 26.6. The third kappa shape index (κ3) is 32.1. The van der Waals surface area contributed by atoms with Gasteiger partial charge in [-0.2, -0.15) is 9.29 Å². The van der Waals surface area contributed by atoms with Gasteiger partial charge < -0.3 is 39.9 Å². The summed E-state index contributed by atoms with van der Waals surface area (Å²) in [6, 6.07) is 1.25. The number of carbonyl (C=O) groups excluding carboxylic acids is 2. The van der Waals surface area contributed by atoms with Gasteiger partial charge in [0.2, 0.25) is 0 Å². The Labute approximate surface area is 429 Å². The van der Waals surface area contributed by atoms with E-state index in [1.54, 1.807) is 0 Å². The molecule has 0 aliphatic carbocycles. The molecule has 3 unspecified atom stereocenters. The average Bonchev–Trinajstić information content (AvgIpc) is 3.62. The normalized spacial score (nSPS) is 19.4. The molecule has 18 nitrogen and oxygen atoms in total. The van der Waals surface area contributed by atoms with Gasteiger partial charge in [-0.15, -0.1) is 0 Å². The van der Waals surface area contributed by atoms with Gasteiger partial charge in [0.1, 0.15) is 30.7 Å². The van der Waals surface area contributed by atoms with E-state index in [-0.39, 0.29) is 18.7 Å². The summed E-state index contributed by atoms with van der Waals surface area (Å²) in [5, 5.41) is 20.9. The van der Waals surface area contributed by atoms with Crippen molar-refractivity contribution in [2.24, 2.45) is 0 Å². The van der Waals surface area contributed by atoms with Crippen LogP contribution in [-0.2, 0) is 46.3 Å². The van der Waals surface area contributed by atoms with E-state index in [0.717, 1.165) is 120 Å². The monoisotopic (exact) mass is 1060 g/mol. The Morgan fingerprint density at radius 1 is 0.667 bits per heavy atom. The summed E-state index contributed by atoms with van der Waals surface area (Å²) in [5.74, 6) is -1.31. The molecule has 2 heterocycles. The van der Waals surface area contributed by atoms with Gasteiger partial charge in [-0.05, 0) is 83.1 Å². The van der Waals surface area contributed by atoms with Crippen LogP contribution >= 0.6 is 15.6 Å². The number of phosphoric acid groups is 2. The predicted octanol–water partition coefficient (Wildman–Crippen LogP) is 11.3. The van der Waals surface area contributed by atoms with Crippen molar-refractivity contribution in [2.75, 3.05) is 25.6 Å². The van der Waals surface area contributed by atoms with Gasteiger partial charge in [-0.3, -0.25) is 23.2 Å². The van der Waals surface area contributed by atoms with Crippen molar-refractivity contribution < 1.29 is 66.3 Å². The Morgan fingerprint density at radius 2 is 1.12 bits per heavy atom. The van der Waals surface area contributed by atoms with E-state index in [4.69, 9.17) is 29.0 Å². The van der Waals surface area contributed by atoms with Crippen LogP contribution in [0, 0.1) is 0 Å². The molecule has 412 valence electrons. The third-order valence-electron chi connectivity index (χ3n) is 11.9. The van der Waals surface area contributed by atoms with E-state index in [1.165, 1.54) is 51.0 Å². The molecule has 1 aliphatic rings. The fraction of sp³-hybridized carbons (Fsp3) is 0.731. The topological polar surface area (TPSA) is 265 Å². The number of hydrogen-bond acceptors (Lipinski definition) is 15. The van der Waals surface area contributed by atoms with Crippen molar-refractivity contribution in [1.82, 2.24) is 9.55 Å². The Kier molecular flexibility index (Phi) is 36.1. The zero-order valence-electron chi connectivity index (χ0n) is 43.2. The van der Waals surface area contributed by atoms with E-state index in [9.17, 15) is 43.5 Å². The predicted molar refractivity (Wildman–Crippen MR) is 279 cm³/mol. The van der Waals surface area contributed by atoms with Gasteiger partial charge in [0.05, 0.1) is 13.2 Å². The summed E-state index contributed by atoms with van der Waals surface area (Å²) in [6.07, 6.45) is 38.9. The molecule has 2 rings (SSSR count). The summed E-state index contributed by atoms with van der Waals surface area (Å²) in [7, 11) is -10.9. The molecular weight excluding hydrogens is 969 g/mol. The van der Waals surface area contributed by atoms with E-state index in [2.05, 4.69) is 71.8 Å². The molecular formula is C52H89N3O15P2. The number of aromatic nitrogens is 2. The Bertz CT molecular complexity index is 1890. The first-order chi connectivity index (χ1) is 34.7. The second-order valence-electron chi connectivity index (χ2n) is 18.4. The summed E-state index contributed by atoms with van der Waals surface area (Å²) in [5.41, 5.74) is 4.59. The molecule has 0 bridgehead atoms. The number of nitrogen functional groups attached to an aromatic ring is 1. The summed E-state index contributed by atoms with van der Waals surface area (Å²) >= 11 is 0. The molecule has 1 aliphatic heterocycles. The molecule has 6 N–H and O–H groups in total. The number of aliphatic hydroxyl groups excluding tert-OH is 2. The quantitative estimate of drug-likeness (QED) is 0.0176. The number of carbonyl (C=O) groups is 2. The molecule has 0 saturated carbocycles. The number of ether oxygens (including phenoxy) is 3. The highest BCUT2D eigenvalue weighted by atomic mass is 31.3. The first kappa shape index (κ1) is 64.8. The molecule has 1 aromatic heterocycles. The highest BCUT2D eigenvalue weighted by molar-refractivity contribution is 7.61. The van der Waals surface area contributed by atoms with Crippen molar-refractivity contribution in [3.8, 4) is 0 Å². The third-order valence-corrected chi connectivity index (χ3v) is 14.5. The van der Waals surface area contributed by atoms with Crippen LogP contribution in [0.2, 0.25) is 0 Å². The van der Waals surface area contributed by atoms with Crippen molar-refractivity contribution in [1.29, 1.82) is 0 Å². The number of rotatable bonds is 44. The molecule has 0 aromatic carbocycles. The minimum absolute atomic E-state index is 0.0340. The van der Waals surface area contributed by atoms with Crippen LogP contribution in [0.15, 0.2) is 65.7 Å². The highest BCUT2D eigenvalue weighted by Crippen LogP contribution is 2.60. The highest BCUT2D eigenvalue weighted by Gasteiger charge is 2.46. The van der Waals surface area contributed by atoms with E-state index in [0.29, 0.717) is 12.8 Å². The fourth-order valence-electron chi connectivity index (χ4n) is 7.73. The number of phosphoric ester groups is 2. The van der Waals surface area contributed by atoms with E-state index >= 15 is 0 Å². The van der Waals surface area contributed by atoms with E-state index < -0.39 is 83.7 Å². The van der Waals surface area contributed by atoms with Gasteiger partial charge in [0.25, 0.3) is 0 Å². The second kappa shape index (κ2) is 40.1. The second-order valence-corrected chi connectivity index (χ2v) is 21.4. The summed E-state index contributed by atoms with van der Waals surface area (Å²) < 4.78 is 56.9. The Hall–Kier alpha value is -3.28. The molecule has 20 heteroatoms. The molecule has 0 spiro atoms. The lowest BCUT2D eigenvalue weighted by Crippen LogP contribution is -2.36. The lowest BCUT2D eigenvalue weighted by Gasteiger charge is -2.21. The summed E-state index contributed by atoms with van der Waals surface area (Å²) in [4.78, 5) is 62.0. The molecule has 0 amide bonds. The van der Waals surface area contributed by atoms with Crippen molar-refractivity contribution >= 4 is 33.4 Å². The molecule has 7 atom stereocenters. The van der Waals surface area contributed by atoms with Crippen LogP contribution in [0.25, 0.3) is 0 Å².